The lowest BCUT2D eigenvalue weighted by atomic mass is 9.33. The molecule has 0 bridgehead atoms. The number of fused-ring (bicyclic) bond motifs is 7. The molecule has 0 saturated heterocycles. The number of rotatable bonds is 7. The maximum Gasteiger partial charge on any atom is 0.309 e. The minimum absolute atomic E-state index is 0.0325. The largest absolute Gasteiger partial charge is 0.481 e. The number of nitrogens with one attached hydrogen (secondary N) is 1. The molecule has 1 aromatic rings. The summed E-state index contributed by atoms with van der Waals surface area (Å²) >= 11 is 1.34. The van der Waals surface area contributed by atoms with Crippen LogP contribution in [0.25, 0.3) is 0 Å². The van der Waals surface area contributed by atoms with Gasteiger partial charge < -0.3 is 15.2 Å². The lowest BCUT2D eigenvalue weighted by molar-refractivity contribution is -0.232. The predicted molar refractivity (Wildman–Crippen MR) is 185 cm³/mol. The Morgan fingerprint density at radius 3 is 2.33 bits per heavy atom. The molecule has 8 nitrogen and oxygen atoms in total. The van der Waals surface area contributed by atoms with Crippen LogP contribution in [-0.4, -0.2) is 45.4 Å². The number of thiazole rings is 1. The Morgan fingerprint density at radius 2 is 1.71 bits per heavy atom. The molecule has 0 aromatic carbocycles. The van der Waals surface area contributed by atoms with Gasteiger partial charge >= 0.3 is 11.9 Å². The van der Waals surface area contributed by atoms with Crippen molar-refractivity contribution in [3.8, 4) is 0 Å². The number of carbonyl (C=O) groups excluding carboxylic acids is 3. The fourth-order valence-electron chi connectivity index (χ4n) is 12.2. The zero-order chi connectivity index (χ0) is 35.2. The lowest BCUT2D eigenvalue weighted by Crippen LogP contribution is -2.67. The summed E-state index contributed by atoms with van der Waals surface area (Å²) in [5.41, 5.74) is 0.168. The number of nitrogens with zero attached hydrogens (tertiary/aromatic N) is 1. The molecule has 1 heterocycles. The number of carboxylic acid groups (broad SMARTS) is 1. The van der Waals surface area contributed by atoms with Gasteiger partial charge in [0.05, 0.1) is 17.4 Å². The van der Waals surface area contributed by atoms with E-state index in [-0.39, 0.29) is 57.7 Å². The van der Waals surface area contributed by atoms with Crippen LogP contribution < -0.4 is 5.32 Å². The molecule has 2 N–H and O–H groups in total. The van der Waals surface area contributed by atoms with Crippen molar-refractivity contribution in [3.05, 3.63) is 27.7 Å². The fourth-order valence-corrected chi connectivity index (χ4v) is 12.7. The highest BCUT2D eigenvalue weighted by atomic mass is 32.1. The van der Waals surface area contributed by atoms with Gasteiger partial charge in [-0.1, -0.05) is 48.5 Å². The first-order valence-corrected chi connectivity index (χ1v) is 19.0. The Bertz CT molecular complexity index is 1540. The quantitative estimate of drug-likeness (QED) is 0.280. The monoisotopic (exact) mass is 680 g/mol. The zero-order valence-electron chi connectivity index (χ0n) is 30.5. The van der Waals surface area contributed by atoms with Crippen LogP contribution in [0.4, 0.5) is 0 Å². The summed E-state index contributed by atoms with van der Waals surface area (Å²) in [5.74, 6) is -0.263. The summed E-state index contributed by atoms with van der Waals surface area (Å²) < 4.78 is 6.14. The molecule has 4 saturated carbocycles. The van der Waals surface area contributed by atoms with Gasteiger partial charge in [-0.25, -0.2) is 4.98 Å². The average molecular weight is 681 g/mol. The summed E-state index contributed by atoms with van der Waals surface area (Å²) in [5, 5.41) is 15.2. The van der Waals surface area contributed by atoms with E-state index in [9.17, 15) is 24.3 Å². The molecule has 5 aliphatic carbocycles. The van der Waals surface area contributed by atoms with Crippen LogP contribution in [0, 0.1) is 50.7 Å². The van der Waals surface area contributed by atoms with E-state index in [4.69, 9.17) is 4.74 Å². The topological polar surface area (TPSA) is 123 Å². The molecule has 1 aromatic heterocycles. The Kier molecular flexibility index (Phi) is 8.45. The number of Topliss-reactive ketones (excluding diaryl/α,β-unsaturated/α-hetero) is 1. The number of carbonyl (C=O) groups is 4. The number of amides is 1. The highest BCUT2D eigenvalue weighted by Gasteiger charge is 2.70. The SMILES string of the molecule is CC(C)C1=C2[C@H]3CC[C@@H]4[C@@]5(C)CC[C@H](OC(=O)CC(C)(C)C(=O)O)C(C)(C)[C@@H]5CC[C@@]4(C)[C@]3(C)CC[C@@]2(NC(=O)c2nccs2)CC1=O. The number of allylic oxidation sites excluding steroid dienone is 1. The molecular formula is C39H56N2O6S. The molecule has 6 rings (SSSR count). The van der Waals surface area contributed by atoms with Gasteiger partial charge in [-0.05, 0) is 116 Å². The van der Waals surface area contributed by atoms with Gasteiger partial charge in [-0.3, -0.25) is 19.2 Å². The molecule has 0 spiro atoms. The Balaban J connectivity index is 1.30. The van der Waals surface area contributed by atoms with Gasteiger partial charge in [0, 0.05) is 23.4 Å². The van der Waals surface area contributed by atoms with Crippen molar-refractivity contribution in [1.82, 2.24) is 10.3 Å². The first kappa shape index (κ1) is 35.3. The van der Waals surface area contributed by atoms with Crippen molar-refractivity contribution >= 4 is 35.0 Å². The molecule has 9 heteroatoms. The second-order valence-corrected chi connectivity index (χ2v) is 19.2. The fraction of sp³-hybridized carbons (Fsp3) is 0.769. The molecule has 48 heavy (non-hydrogen) atoms. The first-order valence-electron chi connectivity index (χ1n) is 18.2. The van der Waals surface area contributed by atoms with E-state index < -0.39 is 22.9 Å². The van der Waals surface area contributed by atoms with Gasteiger partial charge in [-0.2, -0.15) is 0 Å². The van der Waals surface area contributed by atoms with Crippen molar-refractivity contribution in [2.24, 2.45) is 50.7 Å². The van der Waals surface area contributed by atoms with Crippen LogP contribution in [-0.2, 0) is 19.1 Å². The van der Waals surface area contributed by atoms with Gasteiger partial charge in [0.15, 0.2) is 10.8 Å². The molecule has 5 aliphatic rings. The van der Waals surface area contributed by atoms with E-state index in [0.29, 0.717) is 23.3 Å². The third kappa shape index (κ3) is 5.06. The molecule has 1 amide bonds. The molecule has 4 fully saturated rings. The number of aromatic nitrogens is 1. The summed E-state index contributed by atoms with van der Waals surface area (Å²) in [7, 11) is 0. The predicted octanol–water partition coefficient (Wildman–Crippen LogP) is 8.02. The van der Waals surface area contributed by atoms with E-state index in [1.807, 2.05) is 5.38 Å². The minimum atomic E-state index is -1.17. The number of hydrogen-bond donors (Lipinski definition) is 2. The second-order valence-electron chi connectivity index (χ2n) is 18.3. The van der Waals surface area contributed by atoms with Crippen LogP contribution >= 0.6 is 11.3 Å². The number of ketones is 1. The van der Waals surface area contributed by atoms with Gasteiger partial charge in [0.25, 0.3) is 5.91 Å². The molecule has 8 atom stereocenters. The van der Waals surface area contributed by atoms with Crippen LogP contribution in [0.3, 0.4) is 0 Å². The smallest absolute Gasteiger partial charge is 0.309 e. The first-order chi connectivity index (χ1) is 22.2. The Morgan fingerprint density at radius 1 is 1.00 bits per heavy atom. The van der Waals surface area contributed by atoms with Crippen LogP contribution in [0.1, 0.15) is 136 Å². The minimum Gasteiger partial charge on any atom is -0.481 e. The number of aliphatic carboxylic acids is 1. The van der Waals surface area contributed by atoms with Crippen molar-refractivity contribution in [2.45, 2.75) is 138 Å². The van der Waals surface area contributed by atoms with E-state index in [1.54, 1.807) is 20.0 Å². The number of hydrogen-bond acceptors (Lipinski definition) is 7. The third-order valence-electron chi connectivity index (χ3n) is 14.8. The highest BCUT2D eigenvalue weighted by molar-refractivity contribution is 7.11. The van der Waals surface area contributed by atoms with E-state index in [1.165, 1.54) is 16.9 Å². The Hall–Kier alpha value is -2.55. The van der Waals surface area contributed by atoms with Crippen molar-refractivity contribution in [2.75, 3.05) is 0 Å². The lowest BCUT2D eigenvalue weighted by Gasteiger charge is -2.72. The van der Waals surface area contributed by atoms with Gasteiger partial charge in [0.1, 0.15) is 6.10 Å². The van der Waals surface area contributed by atoms with E-state index in [2.05, 4.69) is 58.8 Å². The Labute approximate surface area is 290 Å². The number of carboxylic acids is 1. The van der Waals surface area contributed by atoms with Crippen molar-refractivity contribution in [1.29, 1.82) is 0 Å². The molecule has 0 aliphatic heterocycles. The van der Waals surface area contributed by atoms with Gasteiger partial charge in [-0.15, -0.1) is 11.3 Å². The van der Waals surface area contributed by atoms with Crippen molar-refractivity contribution < 1.29 is 29.0 Å². The average Bonchev–Trinajstić information content (AvgIpc) is 3.61. The second kappa shape index (κ2) is 11.5. The summed E-state index contributed by atoms with van der Waals surface area (Å²) in [6.45, 7) is 19.4. The summed E-state index contributed by atoms with van der Waals surface area (Å²) in [4.78, 5) is 56.4. The number of esters is 1. The van der Waals surface area contributed by atoms with Gasteiger partial charge in [0.2, 0.25) is 0 Å². The molecular weight excluding hydrogens is 625 g/mol. The highest BCUT2D eigenvalue weighted by Crippen LogP contribution is 2.76. The normalized spacial score (nSPS) is 38.8. The number of ether oxygens (including phenoxy) is 1. The standard InChI is InChI=1S/C39H56N2O6S/c1-22(2)29-24(42)20-39(41-31(44)32-40-18-19-48-32)17-16-37(8)23(30(29)39)10-11-26-36(7)14-13-27(47-28(43)21-34(3,4)33(45)46)35(5,6)25(36)12-15-38(26,37)9/h18-19,22-23,25-27H,10-17,20-21H2,1-9H3,(H,41,44)(H,45,46)/t23-,25+,26-,27+,36+,37-,38-,39-/m1/s1. The zero-order valence-corrected chi connectivity index (χ0v) is 31.3. The third-order valence-corrected chi connectivity index (χ3v) is 15.6. The summed E-state index contributed by atoms with van der Waals surface area (Å²) in [6.07, 6.45) is 9.23. The van der Waals surface area contributed by atoms with E-state index in [0.717, 1.165) is 56.9 Å². The van der Waals surface area contributed by atoms with E-state index >= 15 is 0 Å². The van der Waals surface area contributed by atoms with Crippen LogP contribution in [0.5, 0.6) is 0 Å². The molecule has 0 radical (unpaired) electrons. The van der Waals surface area contributed by atoms with Crippen LogP contribution in [0.15, 0.2) is 22.7 Å². The van der Waals surface area contributed by atoms with Crippen molar-refractivity contribution in [3.63, 3.8) is 0 Å². The maximum atomic E-state index is 13.8. The summed E-state index contributed by atoms with van der Waals surface area (Å²) in [6, 6.07) is 0. The van der Waals surface area contributed by atoms with Crippen LogP contribution in [0.2, 0.25) is 0 Å². The maximum absolute atomic E-state index is 13.8. The molecule has 264 valence electrons. The molecule has 0 unspecified atom stereocenters.